The lowest BCUT2D eigenvalue weighted by molar-refractivity contribution is -0.127. The van der Waals surface area contributed by atoms with Gasteiger partial charge in [0.25, 0.3) is 0 Å². The number of anilines is 1. The number of aromatic nitrogens is 1. The minimum Gasteiger partial charge on any atom is -0.352 e. The molecule has 0 unspecified atom stereocenters. The van der Waals surface area contributed by atoms with Crippen LogP contribution in [0.1, 0.15) is 6.92 Å². The molecule has 0 saturated heterocycles. The number of hydrogen-bond acceptors (Lipinski definition) is 4. The zero-order chi connectivity index (χ0) is 13.1. The van der Waals surface area contributed by atoms with E-state index >= 15 is 0 Å². The third-order valence-electron chi connectivity index (χ3n) is 2.64. The Labute approximate surface area is 115 Å². The third kappa shape index (κ3) is 2.91. The van der Waals surface area contributed by atoms with Crippen LogP contribution in [-0.4, -0.2) is 35.9 Å². The molecule has 0 radical (unpaired) electrons. The second kappa shape index (κ2) is 5.54. The predicted molar refractivity (Wildman–Crippen MR) is 76.4 cm³/mol. The summed E-state index contributed by atoms with van der Waals surface area (Å²) in [4.78, 5) is 17.7. The van der Waals surface area contributed by atoms with Crippen molar-refractivity contribution in [1.29, 1.82) is 0 Å². The molecular weight excluding hydrogens is 270 g/mol. The van der Waals surface area contributed by atoms with Crippen molar-refractivity contribution in [2.24, 2.45) is 0 Å². The number of halogens is 1. The molecule has 2 aromatic rings. The summed E-state index contributed by atoms with van der Waals surface area (Å²) < 4.78 is 1.05. The van der Waals surface area contributed by atoms with E-state index in [0.29, 0.717) is 11.6 Å². The molecular formula is C12H14ClN3OS. The molecule has 0 spiro atoms. The van der Waals surface area contributed by atoms with Gasteiger partial charge in [0.1, 0.15) is 0 Å². The van der Waals surface area contributed by atoms with E-state index in [-0.39, 0.29) is 12.5 Å². The molecule has 1 heterocycles. The third-order valence-corrected chi connectivity index (χ3v) is 3.87. The monoisotopic (exact) mass is 283 g/mol. The van der Waals surface area contributed by atoms with Crippen LogP contribution in [0.15, 0.2) is 18.2 Å². The van der Waals surface area contributed by atoms with E-state index in [1.54, 1.807) is 11.9 Å². The van der Waals surface area contributed by atoms with Gasteiger partial charge in [0.05, 0.1) is 16.8 Å². The zero-order valence-corrected chi connectivity index (χ0v) is 11.8. The number of rotatable bonds is 4. The van der Waals surface area contributed by atoms with Gasteiger partial charge < -0.3 is 10.2 Å². The van der Waals surface area contributed by atoms with Crippen molar-refractivity contribution < 1.29 is 4.79 Å². The Hall–Kier alpha value is -1.33. The highest BCUT2D eigenvalue weighted by molar-refractivity contribution is 7.22. The van der Waals surface area contributed by atoms with Crippen LogP contribution in [0.2, 0.25) is 5.02 Å². The van der Waals surface area contributed by atoms with Crippen LogP contribution < -0.4 is 5.32 Å². The maximum absolute atomic E-state index is 11.6. The van der Waals surface area contributed by atoms with Crippen molar-refractivity contribution in [3.8, 4) is 0 Å². The van der Waals surface area contributed by atoms with Gasteiger partial charge in [0.15, 0.2) is 5.13 Å². The Morgan fingerprint density at radius 1 is 1.56 bits per heavy atom. The molecule has 0 fully saturated rings. The van der Waals surface area contributed by atoms with Crippen molar-refractivity contribution in [3.05, 3.63) is 23.2 Å². The van der Waals surface area contributed by atoms with Gasteiger partial charge in [-0.2, -0.15) is 0 Å². The first kappa shape index (κ1) is 13.1. The molecule has 0 aliphatic rings. The smallest absolute Gasteiger partial charge is 0.241 e. The number of carbonyl (C=O) groups is 1. The zero-order valence-electron chi connectivity index (χ0n) is 10.2. The van der Waals surface area contributed by atoms with Gasteiger partial charge in [0, 0.05) is 18.6 Å². The van der Waals surface area contributed by atoms with Crippen LogP contribution >= 0.6 is 22.9 Å². The molecule has 2 rings (SSSR count). The number of nitrogens with zero attached hydrogens (tertiary/aromatic N) is 2. The SMILES string of the molecule is CCN(C)C(=O)CNc1nc2cc(Cl)ccc2s1. The van der Waals surface area contributed by atoms with Crippen molar-refractivity contribution in [2.45, 2.75) is 6.92 Å². The number of carbonyl (C=O) groups excluding carboxylic acids is 1. The average molecular weight is 284 g/mol. The largest absolute Gasteiger partial charge is 0.352 e. The minimum absolute atomic E-state index is 0.0507. The Balaban J connectivity index is 2.06. The lowest BCUT2D eigenvalue weighted by Crippen LogP contribution is -2.31. The Bertz CT molecular complexity index is 569. The number of benzene rings is 1. The molecule has 96 valence electrons. The topological polar surface area (TPSA) is 45.2 Å². The first-order valence-electron chi connectivity index (χ1n) is 5.64. The highest BCUT2D eigenvalue weighted by Crippen LogP contribution is 2.27. The minimum atomic E-state index is 0.0507. The predicted octanol–water partition coefficient (Wildman–Crippen LogP) is 2.84. The van der Waals surface area contributed by atoms with Crippen molar-refractivity contribution in [2.75, 3.05) is 25.5 Å². The summed E-state index contributed by atoms with van der Waals surface area (Å²) in [6.07, 6.45) is 0. The van der Waals surface area contributed by atoms with Gasteiger partial charge >= 0.3 is 0 Å². The van der Waals surface area contributed by atoms with E-state index in [2.05, 4.69) is 10.3 Å². The molecule has 0 bridgehead atoms. The second-order valence-corrected chi connectivity index (χ2v) is 5.36. The number of hydrogen-bond donors (Lipinski definition) is 1. The van der Waals surface area contributed by atoms with Gasteiger partial charge in [-0.3, -0.25) is 4.79 Å². The van der Waals surface area contributed by atoms with Gasteiger partial charge in [-0.15, -0.1) is 0 Å². The van der Waals surface area contributed by atoms with E-state index in [4.69, 9.17) is 11.6 Å². The van der Waals surface area contributed by atoms with E-state index in [0.717, 1.165) is 15.3 Å². The van der Waals surface area contributed by atoms with Crippen LogP contribution in [0.5, 0.6) is 0 Å². The maximum Gasteiger partial charge on any atom is 0.241 e. The van der Waals surface area contributed by atoms with Crippen molar-refractivity contribution in [3.63, 3.8) is 0 Å². The van der Waals surface area contributed by atoms with E-state index in [1.165, 1.54) is 11.3 Å². The van der Waals surface area contributed by atoms with Gasteiger partial charge in [-0.05, 0) is 25.1 Å². The average Bonchev–Trinajstić information content (AvgIpc) is 2.76. The summed E-state index contributed by atoms with van der Waals surface area (Å²) in [5.74, 6) is 0.0507. The molecule has 0 saturated carbocycles. The van der Waals surface area contributed by atoms with Crippen LogP contribution in [0.3, 0.4) is 0 Å². The second-order valence-electron chi connectivity index (χ2n) is 3.89. The quantitative estimate of drug-likeness (QED) is 0.938. The number of nitrogens with one attached hydrogen (secondary N) is 1. The highest BCUT2D eigenvalue weighted by Gasteiger charge is 2.08. The standard InChI is InChI=1S/C12H14ClN3OS/c1-3-16(2)11(17)7-14-12-15-9-6-8(13)4-5-10(9)18-12/h4-6H,3,7H2,1-2H3,(H,14,15). The summed E-state index contributed by atoms with van der Waals surface area (Å²) in [5, 5.41) is 4.45. The number of likely N-dealkylation sites (N-methyl/N-ethyl adjacent to an activating group) is 1. The van der Waals surface area contributed by atoms with Crippen molar-refractivity contribution >= 4 is 44.2 Å². The Morgan fingerprint density at radius 2 is 2.33 bits per heavy atom. The number of amides is 1. The number of fused-ring (bicyclic) bond motifs is 1. The van der Waals surface area contributed by atoms with Crippen LogP contribution in [0.25, 0.3) is 10.2 Å². The Morgan fingerprint density at radius 3 is 3.06 bits per heavy atom. The van der Waals surface area contributed by atoms with Crippen molar-refractivity contribution in [1.82, 2.24) is 9.88 Å². The summed E-state index contributed by atoms with van der Waals surface area (Å²) >= 11 is 7.41. The fourth-order valence-electron chi connectivity index (χ4n) is 1.44. The molecule has 1 amide bonds. The molecule has 6 heteroatoms. The number of thiazole rings is 1. The molecule has 0 atom stereocenters. The summed E-state index contributed by atoms with van der Waals surface area (Å²) in [7, 11) is 1.78. The maximum atomic E-state index is 11.6. The molecule has 1 N–H and O–H groups in total. The summed E-state index contributed by atoms with van der Waals surface area (Å²) in [6.45, 7) is 2.91. The first-order valence-corrected chi connectivity index (χ1v) is 6.83. The lowest BCUT2D eigenvalue weighted by Gasteiger charge is -2.14. The summed E-state index contributed by atoms with van der Waals surface area (Å²) in [5.41, 5.74) is 0.853. The van der Waals surface area contributed by atoms with Crippen LogP contribution in [0.4, 0.5) is 5.13 Å². The van der Waals surface area contributed by atoms with E-state index in [9.17, 15) is 4.79 Å². The van der Waals surface area contributed by atoms with E-state index < -0.39 is 0 Å². The van der Waals surface area contributed by atoms with E-state index in [1.807, 2.05) is 25.1 Å². The lowest BCUT2D eigenvalue weighted by atomic mass is 10.3. The molecule has 0 aliphatic carbocycles. The molecule has 18 heavy (non-hydrogen) atoms. The molecule has 1 aromatic heterocycles. The molecule has 0 aliphatic heterocycles. The van der Waals surface area contributed by atoms with Crippen LogP contribution in [-0.2, 0) is 4.79 Å². The summed E-state index contributed by atoms with van der Waals surface area (Å²) in [6, 6.07) is 5.58. The molecule has 1 aromatic carbocycles. The van der Waals surface area contributed by atoms with Crippen LogP contribution in [0, 0.1) is 0 Å². The Kier molecular flexibility index (Phi) is 4.04. The fraction of sp³-hybridized carbons (Fsp3) is 0.333. The normalized spacial score (nSPS) is 10.6. The van der Waals surface area contributed by atoms with Gasteiger partial charge in [-0.1, -0.05) is 22.9 Å². The fourth-order valence-corrected chi connectivity index (χ4v) is 2.45. The van der Waals surface area contributed by atoms with Gasteiger partial charge in [0.2, 0.25) is 5.91 Å². The molecule has 4 nitrogen and oxygen atoms in total. The van der Waals surface area contributed by atoms with Gasteiger partial charge in [-0.25, -0.2) is 4.98 Å². The first-order chi connectivity index (χ1) is 8.60. The highest BCUT2D eigenvalue weighted by atomic mass is 35.5.